The molecule has 168 valence electrons. The van der Waals surface area contributed by atoms with Crippen LogP contribution in [0.2, 0.25) is 10.0 Å². The average molecular weight is 467 g/mol. The van der Waals surface area contributed by atoms with Gasteiger partial charge < -0.3 is 19.5 Å². The monoisotopic (exact) mass is 466 g/mol. The van der Waals surface area contributed by atoms with Gasteiger partial charge in [0.25, 0.3) is 0 Å². The first-order valence-electron chi connectivity index (χ1n) is 9.92. The molecule has 0 bridgehead atoms. The second kappa shape index (κ2) is 13.3. The molecule has 8 heteroatoms. The standard InChI is InChI=1S/C23H28Cl2N2O4/c1-16(28)31-12-11-19(18-9-10-20(24)21(25)13-18)14-26-23(17-7-5-4-6-8-17)27-15-22(29-2)30-3/h4-10,13,19,22H,11-12,14-15H2,1-3H3,(H,26,27). The van der Waals surface area contributed by atoms with Crippen LogP contribution in [-0.4, -0.2) is 52.0 Å². The second-order valence-corrected chi connectivity index (χ2v) is 7.65. The zero-order valence-electron chi connectivity index (χ0n) is 17.9. The first kappa shape index (κ1) is 25.1. The smallest absolute Gasteiger partial charge is 0.302 e. The van der Waals surface area contributed by atoms with E-state index >= 15 is 0 Å². The minimum absolute atomic E-state index is 0.0173. The largest absolute Gasteiger partial charge is 0.466 e. The Bertz CT molecular complexity index is 858. The lowest BCUT2D eigenvalue weighted by atomic mass is 9.95. The molecule has 2 aromatic carbocycles. The van der Waals surface area contributed by atoms with Crippen LogP contribution >= 0.6 is 23.2 Å². The predicted octanol–water partition coefficient (Wildman–Crippen LogP) is 4.69. The Kier molecular flexibility index (Phi) is 10.8. The Morgan fingerprint density at radius 3 is 2.39 bits per heavy atom. The quantitative estimate of drug-likeness (QED) is 0.225. The van der Waals surface area contributed by atoms with Crippen molar-refractivity contribution in [3.8, 4) is 0 Å². The van der Waals surface area contributed by atoms with Crippen molar-refractivity contribution in [2.24, 2.45) is 4.99 Å². The van der Waals surface area contributed by atoms with Gasteiger partial charge in [0.15, 0.2) is 6.29 Å². The van der Waals surface area contributed by atoms with E-state index in [2.05, 4.69) is 10.3 Å². The van der Waals surface area contributed by atoms with Gasteiger partial charge in [0.05, 0.1) is 23.2 Å². The summed E-state index contributed by atoms with van der Waals surface area (Å²) in [4.78, 5) is 15.9. The number of aliphatic imine (C=N–C) groups is 1. The summed E-state index contributed by atoms with van der Waals surface area (Å²) in [5.41, 5.74) is 1.94. The maximum absolute atomic E-state index is 11.2. The molecule has 0 fully saturated rings. The van der Waals surface area contributed by atoms with Crippen LogP contribution in [0.1, 0.15) is 30.4 Å². The molecule has 0 aliphatic heterocycles. The number of ether oxygens (including phenoxy) is 3. The molecule has 1 unspecified atom stereocenters. The van der Waals surface area contributed by atoms with Crippen molar-refractivity contribution in [1.29, 1.82) is 0 Å². The third-order valence-corrected chi connectivity index (χ3v) is 5.41. The Labute approximate surface area is 193 Å². The molecule has 0 spiro atoms. The Morgan fingerprint density at radius 2 is 1.77 bits per heavy atom. The highest BCUT2D eigenvalue weighted by molar-refractivity contribution is 6.42. The van der Waals surface area contributed by atoms with Gasteiger partial charge in [0.1, 0.15) is 5.84 Å². The molecule has 0 amide bonds. The van der Waals surface area contributed by atoms with Gasteiger partial charge in [-0.2, -0.15) is 0 Å². The number of methoxy groups -OCH3 is 2. The number of rotatable bonds is 11. The fourth-order valence-electron chi connectivity index (χ4n) is 2.97. The maximum Gasteiger partial charge on any atom is 0.302 e. The van der Waals surface area contributed by atoms with Crippen LogP contribution in [0, 0.1) is 0 Å². The fraction of sp³-hybridized carbons (Fsp3) is 0.391. The number of hydrogen-bond acceptors (Lipinski definition) is 5. The molecule has 31 heavy (non-hydrogen) atoms. The molecule has 1 N–H and O–H groups in total. The van der Waals surface area contributed by atoms with E-state index < -0.39 is 6.29 Å². The zero-order valence-corrected chi connectivity index (χ0v) is 19.4. The number of halogens is 2. The van der Waals surface area contributed by atoms with E-state index in [0.717, 1.165) is 17.0 Å². The minimum atomic E-state index is -0.435. The summed E-state index contributed by atoms with van der Waals surface area (Å²) in [5, 5.41) is 4.41. The van der Waals surface area contributed by atoms with E-state index in [1.807, 2.05) is 42.5 Å². The summed E-state index contributed by atoms with van der Waals surface area (Å²) in [7, 11) is 3.16. The fourth-order valence-corrected chi connectivity index (χ4v) is 3.28. The summed E-state index contributed by atoms with van der Waals surface area (Å²) in [6, 6.07) is 15.4. The number of esters is 1. The molecular formula is C23H28Cl2N2O4. The lowest BCUT2D eigenvalue weighted by Crippen LogP contribution is -2.31. The number of hydrogen-bond donors (Lipinski definition) is 1. The van der Waals surface area contributed by atoms with E-state index in [1.54, 1.807) is 20.3 Å². The Hall–Kier alpha value is -2.12. The molecule has 0 aliphatic rings. The number of benzene rings is 2. The third kappa shape index (κ3) is 8.50. The van der Waals surface area contributed by atoms with Crippen LogP contribution in [0.25, 0.3) is 0 Å². The lowest BCUT2D eigenvalue weighted by Gasteiger charge is -2.21. The van der Waals surface area contributed by atoms with Crippen molar-refractivity contribution in [2.45, 2.75) is 25.6 Å². The van der Waals surface area contributed by atoms with Crippen molar-refractivity contribution in [3.63, 3.8) is 0 Å². The van der Waals surface area contributed by atoms with Crippen LogP contribution in [0.5, 0.6) is 0 Å². The molecule has 0 heterocycles. The molecule has 0 radical (unpaired) electrons. The number of amidine groups is 1. The van der Waals surface area contributed by atoms with Crippen molar-refractivity contribution < 1.29 is 19.0 Å². The first-order valence-corrected chi connectivity index (χ1v) is 10.7. The van der Waals surface area contributed by atoms with Gasteiger partial charge in [0, 0.05) is 39.2 Å². The van der Waals surface area contributed by atoms with E-state index in [-0.39, 0.29) is 11.9 Å². The molecule has 0 saturated heterocycles. The number of nitrogens with one attached hydrogen (secondary N) is 1. The number of carbonyl (C=O) groups excluding carboxylic acids is 1. The highest BCUT2D eigenvalue weighted by Gasteiger charge is 2.16. The van der Waals surface area contributed by atoms with Gasteiger partial charge in [-0.05, 0) is 24.1 Å². The highest BCUT2D eigenvalue weighted by atomic mass is 35.5. The Balaban J connectivity index is 2.21. The third-order valence-electron chi connectivity index (χ3n) is 4.67. The van der Waals surface area contributed by atoms with E-state index in [1.165, 1.54) is 6.92 Å². The van der Waals surface area contributed by atoms with Gasteiger partial charge in [-0.25, -0.2) is 0 Å². The van der Waals surface area contributed by atoms with Crippen LogP contribution in [0.3, 0.4) is 0 Å². The first-order chi connectivity index (χ1) is 14.9. The molecule has 0 saturated carbocycles. The molecule has 6 nitrogen and oxygen atoms in total. The highest BCUT2D eigenvalue weighted by Crippen LogP contribution is 2.28. The minimum Gasteiger partial charge on any atom is -0.466 e. The normalized spacial score (nSPS) is 12.6. The topological polar surface area (TPSA) is 69.1 Å². The van der Waals surface area contributed by atoms with Crippen LogP contribution in [-0.2, 0) is 19.0 Å². The summed E-state index contributed by atoms with van der Waals surface area (Å²) in [5.74, 6) is 0.429. The van der Waals surface area contributed by atoms with Crippen LogP contribution in [0.15, 0.2) is 53.5 Å². The van der Waals surface area contributed by atoms with E-state index in [0.29, 0.717) is 36.2 Å². The van der Waals surface area contributed by atoms with Crippen LogP contribution in [0.4, 0.5) is 0 Å². The maximum atomic E-state index is 11.2. The second-order valence-electron chi connectivity index (χ2n) is 6.84. The summed E-state index contributed by atoms with van der Waals surface area (Å²) in [6.07, 6.45) is 0.182. The van der Waals surface area contributed by atoms with Gasteiger partial charge in [-0.1, -0.05) is 59.6 Å². The molecule has 0 aromatic heterocycles. The van der Waals surface area contributed by atoms with E-state index in [9.17, 15) is 4.79 Å². The number of nitrogens with zero attached hydrogens (tertiary/aromatic N) is 1. The zero-order chi connectivity index (χ0) is 22.6. The average Bonchev–Trinajstić information content (AvgIpc) is 2.77. The summed E-state index contributed by atoms with van der Waals surface area (Å²) < 4.78 is 15.7. The lowest BCUT2D eigenvalue weighted by molar-refractivity contribution is -0.141. The molecule has 1 atom stereocenters. The summed E-state index contributed by atoms with van der Waals surface area (Å²) >= 11 is 12.3. The molecule has 2 aromatic rings. The molecular weight excluding hydrogens is 439 g/mol. The number of carbonyl (C=O) groups is 1. The summed E-state index contributed by atoms with van der Waals surface area (Å²) in [6.45, 7) is 2.59. The van der Waals surface area contributed by atoms with Gasteiger partial charge >= 0.3 is 5.97 Å². The van der Waals surface area contributed by atoms with Crippen molar-refractivity contribution in [1.82, 2.24) is 5.32 Å². The van der Waals surface area contributed by atoms with Gasteiger partial charge in [-0.3, -0.25) is 9.79 Å². The predicted molar refractivity (Wildman–Crippen MR) is 124 cm³/mol. The van der Waals surface area contributed by atoms with Crippen molar-refractivity contribution in [2.75, 3.05) is 33.9 Å². The van der Waals surface area contributed by atoms with Crippen molar-refractivity contribution >= 4 is 35.0 Å². The van der Waals surface area contributed by atoms with E-state index in [4.69, 9.17) is 37.4 Å². The molecule has 0 aliphatic carbocycles. The van der Waals surface area contributed by atoms with Crippen LogP contribution < -0.4 is 5.32 Å². The van der Waals surface area contributed by atoms with Crippen molar-refractivity contribution in [3.05, 3.63) is 69.7 Å². The SMILES string of the molecule is COC(CN=C(NCC(CCOC(C)=O)c1ccc(Cl)c(Cl)c1)c1ccccc1)OC. The molecule has 2 rings (SSSR count). The van der Waals surface area contributed by atoms with Gasteiger partial charge in [-0.15, -0.1) is 0 Å². The van der Waals surface area contributed by atoms with Gasteiger partial charge in [0.2, 0.25) is 0 Å². The Morgan fingerprint density at radius 1 is 1.06 bits per heavy atom.